The number of nitrogens with one attached hydrogen (secondary N) is 2. The minimum Gasteiger partial charge on any atom is -0.481 e. The van der Waals surface area contributed by atoms with Crippen molar-refractivity contribution >= 4 is 18.0 Å². The van der Waals surface area contributed by atoms with E-state index in [1.54, 1.807) is 0 Å². The molecule has 2 aromatic carbocycles. The molecule has 1 fully saturated rings. The molecule has 4 rings (SSSR count). The third-order valence-electron chi connectivity index (χ3n) is 6.62. The summed E-state index contributed by atoms with van der Waals surface area (Å²) in [5.41, 5.74) is 4.66. The van der Waals surface area contributed by atoms with Gasteiger partial charge in [0, 0.05) is 24.9 Å². The number of carbonyl (C=O) groups excluding carboxylic acids is 2. The van der Waals surface area contributed by atoms with Gasteiger partial charge in [-0.3, -0.25) is 9.59 Å². The van der Waals surface area contributed by atoms with E-state index >= 15 is 0 Å². The van der Waals surface area contributed by atoms with Crippen molar-refractivity contribution < 1.29 is 24.2 Å². The van der Waals surface area contributed by atoms with E-state index in [9.17, 15) is 14.4 Å². The Morgan fingerprint density at radius 2 is 1.58 bits per heavy atom. The highest BCUT2D eigenvalue weighted by atomic mass is 16.5. The largest absolute Gasteiger partial charge is 0.481 e. The van der Waals surface area contributed by atoms with Crippen LogP contribution in [0.25, 0.3) is 11.1 Å². The van der Waals surface area contributed by atoms with E-state index in [4.69, 9.17) is 9.84 Å². The van der Waals surface area contributed by atoms with E-state index in [1.807, 2.05) is 24.3 Å². The summed E-state index contributed by atoms with van der Waals surface area (Å²) < 4.78 is 5.65. The van der Waals surface area contributed by atoms with Crippen molar-refractivity contribution in [1.82, 2.24) is 10.6 Å². The average Bonchev–Trinajstić information content (AvgIpc) is 3.14. The Labute approximate surface area is 193 Å². The molecule has 2 aliphatic carbocycles. The van der Waals surface area contributed by atoms with E-state index in [1.165, 1.54) is 11.1 Å². The first-order valence-corrected chi connectivity index (χ1v) is 11.7. The molecule has 0 bridgehead atoms. The van der Waals surface area contributed by atoms with Crippen molar-refractivity contribution in [2.75, 3.05) is 13.2 Å². The van der Waals surface area contributed by atoms with Crippen LogP contribution in [0.1, 0.15) is 55.6 Å². The molecule has 0 aliphatic heterocycles. The van der Waals surface area contributed by atoms with Gasteiger partial charge in [0.1, 0.15) is 6.61 Å². The molecule has 2 aliphatic rings. The molecular weight excluding hydrogens is 420 g/mol. The van der Waals surface area contributed by atoms with Crippen LogP contribution >= 0.6 is 0 Å². The molecule has 2 atom stereocenters. The van der Waals surface area contributed by atoms with Crippen LogP contribution in [0.4, 0.5) is 4.79 Å². The van der Waals surface area contributed by atoms with Gasteiger partial charge in [-0.15, -0.1) is 0 Å². The number of ether oxygens (including phenoxy) is 1. The van der Waals surface area contributed by atoms with Crippen LogP contribution in [0.3, 0.4) is 0 Å². The minimum absolute atomic E-state index is 0.0113. The molecule has 2 aromatic rings. The fraction of sp³-hybridized carbons (Fsp3) is 0.423. The van der Waals surface area contributed by atoms with Gasteiger partial charge in [-0.05, 0) is 41.5 Å². The molecule has 0 unspecified atom stereocenters. The quantitative estimate of drug-likeness (QED) is 0.526. The summed E-state index contributed by atoms with van der Waals surface area (Å²) in [6.07, 6.45) is 3.18. The fourth-order valence-electron chi connectivity index (χ4n) is 4.99. The van der Waals surface area contributed by atoms with Gasteiger partial charge in [0.2, 0.25) is 5.91 Å². The Morgan fingerprint density at radius 3 is 2.24 bits per heavy atom. The second kappa shape index (κ2) is 10.5. The van der Waals surface area contributed by atoms with Crippen LogP contribution in [0.2, 0.25) is 0 Å². The second-order valence-electron chi connectivity index (χ2n) is 8.76. The molecule has 2 amide bonds. The average molecular weight is 451 g/mol. The molecule has 7 nitrogen and oxygen atoms in total. The van der Waals surface area contributed by atoms with Gasteiger partial charge in [0.05, 0.1) is 5.92 Å². The van der Waals surface area contributed by atoms with Gasteiger partial charge < -0.3 is 20.5 Å². The van der Waals surface area contributed by atoms with Gasteiger partial charge in [-0.1, -0.05) is 61.4 Å². The monoisotopic (exact) mass is 450 g/mol. The molecule has 7 heteroatoms. The van der Waals surface area contributed by atoms with Crippen LogP contribution in [0.15, 0.2) is 48.5 Å². The van der Waals surface area contributed by atoms with Crippen molar-refractivity contribution in [3.05, 3.63) is 59.7 Å². The SMILES string of the molecule is O=C(O)CCCNC(=O)[C@@H]1CCCC[C@@H]1NC(=O)OCC1c2ccccc2-c2ccccc21. The van der Waals surface area contributed by atoms with Crippen molar-refractivity contribution in [2.24, 2.45) is 5.92 Å². The number of hydrogen-bond acceptors (Lipinski definition) is 4. The number of rotatable bonds is 8. The predicted octanol–water partition coefficient (Wildman–Crippen LogP) is 4.06. The zero-order chi connectivity index (χ0) is 23.2. The summed E-state index contributed by atoms with van der Waals surface area (Å²) in [6.45, 7) is 0.554. The van der Waals surface area contributed by atoms with E-state index in [-0.39, 0.29) is 36.8 Å². The highest BCUT2D eigenvalue weighted by Gasteiger charge is 2.33. The summed E-state index contributed by atoms with van der Waals surface area (Å²) in [7, 11) is 0. The lowest BCUT2D eigenvalue weighted by molar-refractivity contribution is -0.137. The van der Waals surface area contributed by atoms with Crippen LogP contribution in [0, 0.1) is 5.92 Å². The third-order valence-corrected chi connectivity index (χ3v) is 6.62. The Bertz CT molecular complexity index is 976. The minimum atomic E-state index is -0.878. The first kappa shape index (κ1) is 22.8. The topological polar surface area (TPSA) is 105 Å². The molecular formula is C26H30N2O5. The number of carboxylic acid groups (broad SMARTS) is 1. The van der Waals surface area contributed by atoms with E-state index in [2.05, 4.69) is 34.9 Å². The first-order valence-electron chi connectivity index (χ1n) is 11.7. The van der Waals surface area contributed by atoms with Crippen LogP contribution < -0.4 is 10.6 Å². The van der Waals surface area contributed by atoms with Gasteiger partial charge in [0.25, 0.3) is 0 Å². The van der Waals surface area contributed by atoms with Crippen LogP contribution in [-0.2, 0) is 14.3 Å². The number of hydrogen-bond donors (Lipinski definition) is 3. The summed E-state index contributed by atoms with van der Waals surface area (Å²) in [6, 6.07) is 16.1. The maximum Gasteiger partial charge on any atom is 0.407 e. The molecule has 33 heavy (non-hydrogen) atoms. The number of aliphatic carboxylic acids is 1. The molecule has 0 heterocycles. The molecule has 0 radical (unpaired) electrons. The maximum absolute atomic E-state index is 12.7. The first-order chi connectivity index (χ1) is 16.0. The maximum atomic E-state index is 12.7. The fourth-order valence-corrected chi connectivity index (χ4v) is 4.99. The Kier molecular flexibility index (Phi) is 7.27. The normalized spacial score (nSPS) is 19.3. The molecule has 1 saturated carbocycles. The zero-order valence-corrected chi connectivity index (χ0v) is 18.6. The van der Waals surface area contributed by atoms with E-state index in [0.29, 0.717) is 19.4 Å². The summed E-state index contributed by atoms with van der Waals surface area (Å²) in [4.78, 5) is 35.9. The lowest BCUT2D eigenvalue weighted by Gasteiger charge is -2.31. The highest BCUT2D eigenvalue weighted by molar-refractivity contribution is 5.81. The number of amides is 2. The van der Waals surface area contributed by atoms with Crippen molar-refractivity contribution in [1.29, 1.82) is 0 Å². The molecule has 0 spiro atoms. The van der Waals surface area contributed by atoms with Gasteiger partial charge in [0.15, 0.2) is 0 Å². The number of fused-ring (bicyclic) bond motifs is 3. The Hall–Kier alpha value is -3.35. The summed E-state index contributed by atoms with van der Waals surface area (Å²) in [5, 5.41) is 14.5. The molecule has 174 valence electrons. The van der Waals surface area contributed by atoms with Crippen molar-refractivity contribution in [2.45, 2.75) is 50.5 Å². The van der Waals surface area contributed by atoms with Crippen molar-refractivity contribution in [3.8, 4) is 11.1 Å². The standard InChI is InChI=1S/C26H30N2O5/c29-24(30)14-7-15-27-25(31)21-12-5-6-13-23(21)28-26(32)33-16-22-19-10-3-1-8-17(19)18-9-2-4-11-20(18)22/h1-4,8-11,21-23H,5-7,12-16H2,(H,27,31)(H,28,32)(H,29,30)/t21-,23+/m1/s1. The van der Waals surface area contributed by atoms with E-state index < -0.39 is 12.1 Å². The Balaban J connectivity index is 1.33. The van der Waals surface area contributed by atoms with Gasteiger partial charge in [-0.25, -0.2) is 4.79 Å². The number of carbonyl (C=O) groups is 3. The third kappa shape index (κ3) is 5.35. The van der Waals surface area contributed by atoms with Gasteiger partial charge in [-0.2, -0.15) is 0 Å². The number of benzene rings is 2. The molecule has 0 saturated heterocycles. The summed E-state index contributed by atoms with van der Waals surface area (Å²) in [5.74, 6) is -1.35. The smallest absolute Gasteiger partial charge is 0.407 e. The number of carboxylic acids is 1. The zero-order valence-electron chi connectivity index (χ0n) is 18.6. The predicted molar refractivity (Wildman–Crippen MR) is 124 cm³/mol. The lowest BCUT2D eigenvalue weighted by atomic mass is 9.84. The van der Waals surface area contributed by atoms with Gasteiger partial charge >= 0.3 is 12.1 Å². The molecule has 0 aromatic heterocycles. The number of alkyl carbamates (subject to hydrolysis) is 1. The second-order valence-corrected chi connectivity index (χ2v) is 8.76. The molecule has 3 N–H and O–H groups in total. The van der Waals surface area contributed by atoms with Crippen LogP contribution in [0.5, 0.6) is 0 Å². The van der Waals surface area contributed by atoms with Crippen molar-refractivity contribution in [3.63, 3.8) is 0 Å². The summed E-state index contributed by atoms with van der Waals surface area (Å²) >= 11 is 0. The van der Waals surface area contributed by atoms with Crippen LogP contribution in [-0.4, -0.2) is 42.3 Å². The Morgan fingerprint density at radius 1 is 0.939 bits per heavy atom. The van der Waals surface area contributed by atoms with E-state index in [0.717, 1.165) is 30.4 Å². The highest BCUT2D eigenvalue weighted by Crippen LogP contribution is 2.44. The lowest BCUT2D eigenvalue weighted by Crippen LogP contribution is -2.48.